The summed E-state index contributed by atoms with van der Waals surface area (Å²) < 4.78 is 0. The Morgan fingerprint density at radius 2 is 1.89 bits per heavy atom. The van der Waals surface area contributed by atoms with E-state index in [1.807, 2.05) is 0 Å². The fourth-order valence-corrected chi connectivity index (χ4v) is 1.72. The first-order chi connectivity index (χ1) is 8.06. The molecule has 0 aromatic heterocycles. The molecule has 1 N–H and O–H groups in total. The molecular formula is C12H10ClNO4. The molecule has 18 heavy (non-hydrogen) atoms. The molecule has 0 saturated heterocycles. The number of aromatic carboxylic acids is 1. The van der Waals surface area contributed by atoms with Gasteiger partial charge in [0.2, 0.25) is 0 Å². The zero-order valence-electron chi connectivity index (χ0n) is 9.25. The number of hydrogen-bond acceptors (Lipinski definition) is 3. The molecule has 0 spiro atoms. The Morgan fingerprint density at radius 1 is 1.28 bits per heavy atom. The number of carboxylic acid groups (broad SMARTS) is 1. The first-order valence-corrected chi connectivity index (χ1v) is 4.90. The topological polar surface area (TPSA) is 74.7 Å². The lowest BCUT2D eigenvalue weighted by molar-refractivity contribution is 0.0669. The molecule has 0 saturated carbocycles. The third-order valence-electron chi connectivity index (χ3n) is 2.53. The standard InChI is InChI=1S/C12H9NO4.ClH/c1-2-5-13-10(14)8-4-3-7(12(16)17)6-9(8)11(13)15;/h2-4,6H,1,5H2,(H,16,17);1H. The van der Waals surface area contributed by atoms with E-state index < -0.39 is 17.8 Å². The second kappa shape index (κ2) is 5.01. The van der Waals surface area contributed by atoms with E-state index in [2.05, 4.69) is 6.58 Å². The van der Waals surface area contributed by atoms with Gasteiger partial charge in [0.25, 0.3) is 11.8 Å². The lowest BCUT2D eigenvalue weighted by Gasteiger charge is -2.09. The molecule has 0 fully saturated rings. The summed E-state index contributed by atoms with van der Waals surface area (Å²) >= 11 is 0. The summed E-state index contributed by atoms with van der Waals surface area (Å²) in [7, 11) is 0. The van der Waals surface area contributed by atoms with Crippen molar-refractivity contribution in [3.8, 4) is 0 Å². The Labute approximate surface area is 109 Å². The van der Waals surface area contributed by atoms with E-state index in [-0.39, 0.29) is 35.6 Å². The zero-order valence-corrected chi connectivity index (χ0v) is 10.1. The van der Waals surface area contributed by atoms with E-state index in [1.54, 1.807) is 0 Å². The lowest BCUT2D eigenvalue weighted by atomic mass is 10.1. The Balaban J connectivity index is 0.00000162. The molecule has 5 nitrogen and oxygen atoms in total. The SMILES string of the molecule is C=CCN1C(=O)c2ccc(C(=O)O)cc2C1=O.Cl. The van der Waals surface area contributed by atoms with Crippen LogP contribution in [0, 0.1) is 0 Å². The van der Waals surface area contributed by atoms with Crippen LogP contribution in [0.4, 0.5) is 0 Å². The van der Waals surface area contributed by atoms with Crippen molar-refractivity contribution in [2.24, 2.45) is 0 Å². The third kappa shape index (κ3) is 2.00. The van der Waals surface area contributed by atoms with Gasteiger partial charge in [0, 0.05) is 6.54 Å². The number of imide groups is 1. The Hall–Kier alpha value is -2.14. The number of amides is 2. The van der Waals surface area contributed by atoms with Crippen molar-refractivity contribution in [1.29, 1.82) is 0 Å². The van der Waals surface area contributed by atoms with Crippen LogP contribution in [0.3, 0.4) is 0 Å². The molecule has 1 aromatic carbocycles. The third-order valence-corrected chi connectivity index (χ3v) is 2.53. The van der Waals surface area contributed by atoms with Crippen LogP contribution in [0.1, 0.15) is 31.1 Å². The highest BCUT2D eigenvalue weighted by Crippen LogP contribution is 2.23. The van der Waals surface area contributed by atoms with E-state index in [0.29, 0.717) is 0 Å². The quantitative estimate of drug-likeness (QED) is 0.667. The van der Waals surface area contributed by atoms with E-state index in [0.717, 1.165) is 4.90 Å². The number of nitrogens with zero attached hydrogens (tertiary/aromatic N) is 1. The van der Waals surface area contributed by atoms with E-state index in [4.69, 9.17) is 5.11 Å². The summed E-state index contributed by atoms with van der Waals surface area (Å²) in [5.41, 5.74) is 0.365. The number of carboxylic acids is 1. The normalized spacial score (nSPS) is 13.0. The fraction of sp³-hybridized carbons (Fsp3) is 0.0833. The number of carbonyl (C=O) groups excluding carboxylic acids is 2. The maximum Gasteiger partial charge on any atom is 0.335 e. The van der Waals surface area contributed by atoms with Crippen molar-refractivity contribution in [1.82, 2.24) is 4.90 Å². The average molecular weight is 268 g/mol. The number of rotatable bonds is 3. The van der Waals surface area contributed by atoms with Crippen molar-refractivity contribution in [2.75, 3.05) is 6.54 Å². The molecule has 0 radical (unpaired) electrons. The van der Waals surface area contributed by atoms with Gasteiger partial charge in [0.1, 0.15) is 0 Å². The molecular weight excluding hydrogens is 258 g/mol. The highest BCUT2D eigenvalue weighted by Gasteiger charge is 2.35. The highest BCUT2D eigenvalue weighted by atomic mass is 35.5. The van der Waals surface area contributed by atoms with Gasteiger partial charge < -0.3 is 5.11 Å². The number of hydrogen-bond donors (Lipinski definition) is 1. The van der Waals surface area contributed by atoms with E-state index in [9.17, 15) is 14.4 Å². The average Bonchev–Trinajstić information content (AvgIpc) is 2.54. The molecule has 2 rings (SSSR count). The lowest BCUT2D eigenvalue weighted by Crippen LogP contribution is -2.29. The maximum atomic E-state index is 11.8. The van der Waals surface area contributed by atoms with Gasteiger partial charge in [0.15, 0.2) is 0 Å². The van der Waals surface area contributed by atoms with E-state index >= 15 is 0 Å². The maximum absolute atomic E-state index is 11.8. The largest absolute Gasteiger partial charge is 0.478 e. The molecule has 1 aliphatic heterocycles. The second-order valence-electron chi connectivity index (χ2n) is 3.58. The van der Waals surface area contributed by atoms with Gasteiger partial charge >= 0.3 is 5.97 Å². The summed E-state index contributed by atoms with van der Waals surface area (Å²) in [5, 5.41) is 8.81. The summed E-state index contributed by atoms with van der Waals surface area (Å²) in [6.45, 7) is 3.58. The molecule has 6 heteroatoms. The Bertz CT molecular complexity index is 553. The zero-order chi connectivity index (χ0) is 12.6. The molecule has 1 heterocycles. The van der Waals surface area contributed by atoms with Crippen LogP contribution in [0.2, 0.25) is 0 Å². The van der Waals surface area contributed by atoms with Crippen molar-refractivity contribution in [3.63, 3.8) is 0 Å². The summed E-state index contributed by atoms with van der Waals surface area (Å²) in [6, 6.07) is 3.90. The van der Waals surface area contributed by atoms with Gasteiger partial charge in [0.05, 0.1) is 16.7 Å². The minimum absolute atomic E-state index is 0. The van der Waals surface area contributed by atoms with E-state index in [1.165, 1.54) is 24.3 Å². The van der Waals surface area contributed by atoms with Gasteiger partial charge in [-0.15, -0.1) is 19.0 Å². The predicted octanol–water partition coefficient (Wildman–Crippen LogP) is 1.59. The first-order valence-electron chi connectivity index (χ1n) is 4.90. The highest BCUT2D eigenvalue weighted by molar-refractivity contribution is 6.22. The van der Waals surface area contributed by atoms with Crippen LogP contribution >= 0.6 is 12.4 Å². The fourth-order valence-electron chi connectivity index (χ4n) is 1.72. The van der Waals surface area contributed by atoms with Gasteiger partial charge in [-0.2, -0.15) is 0 Å². The monoisotopic (exact) mass is 267 g/mol. The molecule has 0 aliphatic carbocycles. The minimum Gasteiger partial charge on any atom is -0.478 e. The van der Waals surface area contributed by atoms with Crippen LogP contribution in [0.15, 0.2) is 30.9 Å². The number of fused-ring (bicyclic) bond motifs is 1. The van der Waals surface area contributed by atoms with Crippen molar-refractivity contribution >= 4 is 30.2 Å². The number of benzene rings is 1. The number of carbonyl (C=O) groups is 3. The van der Waals surface area contributed by atoms with Crippen LogP contribution < -0.4 is 0 Å². The molecule has 0 unspecified atom stereocenters. The predicted molar refractivity (Wildman–Crippen MR) is 66.2 cm³/mol. The molecule has 0 bridgehead atoms. The van der Waals surface area contributed by atoms with Crippen LogP contribution in [0.25, 0.3) is 0 Å². The molecule has 2 amide bonds. The smallest absolute Gasteiger partial charge is 0.335 e. The van der Waals surface area contributed by atoms with Gasteiger partial charge in [-0.1, -0.05) is 6.08 Å². The summed E-state index contributed by atoms with van der Waals surface area (Å²) in [6.07, 6.45) is 1.44. The van der Waals surface area contributed by atoms with Crippen molar-refractivity contribution < 1.29 is 19.5 Å². The number of halogens is 1. The van der Waals surface area contributed by atoms with Gasteiger partial charge in [-0.05, 0) is 18.2 Å². The van der Waals surface area contributed by atoms with Crippen LogP contribution in [-0.2, 0) is 0 Å². The minimum atomic E-state index is -1.13. The molecule has 1 aromatic rings. The Kier molecular flexibility index (Phi) is 3.88. The Morgan fingerprint density at radius 3 is 2.44 bits per heavy atom. The molecule has 1 aliphatic rings. The summed E-state index contributed by atoms with van der Waals surface area (Å²) in [4.78, 5) is 35.4. The van der Waals surface area contributed by atoms with Crippen molar-refractivity contribution in [3.05, 3.63) is 47.5 Å². The van der Waals surface area contributed by atoms with Gasteiger partial charge in [-0.3, -0.25) is 14.5 Å². The van der Waals surface area contributed by atoms with Crippen molar-refractivity contribution in [2.45, 2.75) is 0 Å². The second-order valence-corrected chi connectivity index (χ2v) is 3.58. The van der Waals surface area contributed by atoms with Crippen LogP contribution in [-0.4, -0.2) is 34.3 Å². The van der Waals surface area contributed by atoms with Crippen LogP contribution in [0.5, 0.6) is 0 Å². The van der Waals surface area contributed by atoms with Gasteiger partial charge in [-0.25, -0.2) is 4.79 Å². The molecule has 0 atom stereocenters. The molecule has 94 valence electrons. The summed E-state index contributed by atoms with van der Waals surface area (Å²) in [5.74, 6) is -2.02. The first kappa shape index (κ1) is 13.9.